The Kier molecular flexibility index (Phi) is 3.82. The Balaban J connectivity index is 2.62. The molecule has 1 unspecified atom stereocenters. The average molecular weight is 215 g/mol. The fourth-order valence-corrected chi connectivity index (χ4v) is 1.61. The monoisotopic (exact) mass is 215 g/mol. The zero-order valence-corrected chi connectivity index (χ0v) is 8.55. The zero-order chi connectivity index (χ0) is 11.4. The molecule has 1 aliphatic carbocycles. The largest absolute Gasteiger partial charge is 0.480 e. The summed E-state index contributed by atoms with van der Waals surface area (Å²) in [7, 11) is 0. The molecule has 0 aliphatic heterocycles. The number of hydrogen-bond donors (Lipinski definition) is 2. The molecule has 84 valence electrons. The van der Waals surface area contributed by atoms with Crippen LogP contribution in [-0.2, 0) is 9.59 Å². The predicted octanol–water partition coefficient (Wildman–Crippen LogP) is 1.03. The number of allylic oxidation sites excluding steroid dienone is 1. The second kappa shape index (κ2) is 4.91. The number of carbonyl (C=O) groups excluding carboxylic acids is 1. The molecular weight excluding hydrogens is 201 g/mol. The topological polar surface area (TPSA) is 66.4 Å². The minimum absolute atomic E-state index is 0.449. The van der Waals surface area contributed by atoms with Gasteiger partial charge in [0.2, 0.25) is 5.91 Å². The highest BCUT2D eigenvalue weighted by molar-refractivity contribution is 5.96. The predicted molar refractivity (Wildman–Crippen MR) is 52.1 cm³/mol. The maximum atomic E-state index is 12.2. The van der Waals surface area contributed by atoms with Crippen LogP contribution in [0.3, 0.4) is 0 Å². The van der Waals surface area contributed by atoms with Gasteiger partial charge in [0.05, 0.1) is 0 Å². The third-order valence-electron chi connectivity index (χ3n) is 2.53. The van der Waals surface area contributed by atoms with Gasteiger partial charge in [0.15, 0.2) is 6.04 Å². The van der Waals surface area contributed by atoms with Crippen LogP contribution in [0.25, 0.3) is 0 Å². The van der Waals surface area contributed by atoms with Gasteiger partial charge in [-0.1, -0.05) is 5.57 Å². The second-order valence-corrected chi connectivity index (χ2v) is 3.63. The number of halogens is 1. The third-order valence-corrected chi connectivity index (χ3v) is 2.53. The molecule has 0 aromatic rings. The number of aliphatic carboxylic acids is 1. The van der Waals surface area contributed by atoms with Crippen LogP contribution >= 0.6 is 0 Å². The first-order valence-electron chi connectivity index (χ1n) is 4.84. The van der Waals surface area contributed by atoms with Crippen molar-refractivity contribution in [1.29, 1.82) is 0 Å². The van der Waals surface area contributed by atoms with Crippen molar-refractivity contribution in [3.8, 4) is 0 Å². The first kappa shape index (κ1) is 11.7. The summed E-state index contributed by atoms with van der Waals surface area (Å²) in [5.41, 5.74) is 1.57. The highest BCUT2D eigenvalue weighted by Crippen LogP contribution is 2.25. The summed E-state index contributed by atoms with van der Waals surface area (Å²) < 4.78 is 12.2. The van der Waals surface area contributed by atoms with Crippen LogP contribution < -0.4 is 5.32 Å². The standard InChI is InChI=1S/C10H14FNO3/c1-6-3-2-4-7(6)9(13)12-8(5-11)10(14)15/h8H,2-5H2,1H3,(H,12,13)(H,14,15). The fourth-order valence-electron chi connectivity index (χ4n) is 1.61. The Morgan fingerprint density at radius 1 is 1.53 bits per heavy atom. The van der Waals surface area contributed by atoms with E-state index in [0.717, 1.165) is 18.4 Å². The van der Waals surface area contributed by atoms with Gasteiger partial charge in [-0.25, -0.2) is 9.18 Å². The van der Waals surface area contributed by atoms with Gasteiger partial charge in [-0.3, -0.25) is 4.79 Å². The van der Waals surface area contributed by atoms with E-state index in [1.807, 2.05) is 6.92 Å². The lowest BCUT2D eigenvalue weighted by Gasteiger charge is -2.11. The van der Waals surface area contributed by atoms with E-state index < -0.39 is 24.6 Å². The van der Waals surface area contributed by atoms with Gasteiger partial charge in [-0.05, 0) is 26.2 Å². The van der Waals surface area contributed by atoms with Crippen LogP contribution in [0.2, 0.25) is 0 Å². The smallest absolute Gasteiger partial charge is 0.328 e. The normalized spacial score (nSPS) is 17.7. The number of amides is 1. The van der Waals surface area contributed by atoms with E-state index in [4.69, 9.17) is 5.11 Å². The van der Waals surface area contributed by atoms with Gasteiger partial charge < -0.3 is 10.4 Å². The summed E-state index contributed by atoms with van der Waals surface area (Å²) in [5.74, 6) is -1.79. The van der Waals surface area contributed by atoms with Gasteiger partial charge in [-0.15, -0.1) is 0 Å². The maximum absolute atomic E-state index is 12.2. The van der Waals surface area contributed by atoms with Gasteiger partial charge in [-0.2, -0.15) is 0 Å². The Labute approximate surface area is 87.2 Å². The highest BCUT2D eigenvalue weighted by atomic mass is 19.1. The molecule has 0 spiro atoms. The summed E-state index contributed by atoms with van der Waals surface area (Å²) in [6.45, 7) is 0.751. The van der Waals surface area contributed by atoms with Crippen LogP contribution in [0.5, 0.6) is 0 Å². The molecule has 0 bridgehead atoms. The summed E-state index contributed by atoms with van der Waals surface area (Å²) >= 11 is 0. The molecular formula is C10H14FNO3. The molecule has 0 saturated carbocycles. The molecule has 0 aromatic heterocycles. The second-order valence-electron chi connectivity index (χ2n) is 3.63. The van der Waals surface area contributed by atoms with Crippen molar-refractivity contribution < 1.29 is 19.1 Å². The molecule has 0 aromatic carbocycles. The van der Waals surface area contributed by atoms with E-state index in [9.17, 15) is 14.0 Å². The number of carboxylic acids is 1. The van der Waals surface area contributed by atoms with E-state index >= 15 is 0 Å². The lowest BCUT2D eigenvalue weighted by Crippen LogP contribution is -2.42. The van der Waals surface area contributed by atoms with Crippen LogP contribution in [0, 0.1) is 0 Å². The lowest BCUT2D eigenvalue weighted by atomic mass is 10.1. The van der Waals surface area contributed by atoms with Gasteiger partial charge in [0.1, 0.15) is 6.67 Å². The van der Waals surface area contributed by atoms with Crippen molar-refractivity contribution >= 4 is 11.9 Å². The zero-order valence-electron chi connectivity index (χ0n) is 8.55. The Hall–Kier alpha value is -1.39. The Morgan fingerprint density at radius 2 is 2.20 bits per heavy atom. The number of nitrogens with one attached hydrogen (secondary N) is 1. The van der Waals surface area contributed by atoms with Crippen LogP contribution in [0.15, 0.2) is 11.1 Å². The summed E-state index contributed by atoms with van der Waals surface area (Å²) in [5, 5.41) is 10.7. The van der Waals surface area contributed by atoms with E-state index in [2.05, 4.69) is 5.32 Å². The fraction of sp³-hybridized carbons (Fsp3) is 0.600. The van der Waals surface area contributed by atoms with Crippen molar-refractivity contribution in [2.24, 2.45) is 0 Å². The molecule has 1 rings (SSSR count). The molecule has 0 saturated heterocycles. The van der Waals surface area contributed by atoms with Crippen LogP contribution in [0.4, 0.5) is 4.39 Å². The number of carboxylic acid groups (broad SMARTS) is 1. The molecule has 15 heavy (non-hydrogen) atoms. The lowest BCUT2D eigenvalue weighted by molar-refractivity contribution is -0.141. The first-order valence-corrected chi connectivity index (χ1v) is 4.84. The van der Waals surface area contributed by atoms with E-state index in [-0.39, 0.29) is 0 Å². The average Bonchev–Trinajstić information content (AvgIpc) is 2.60. The van der Waals surface area contributed by atoms with Crippen molar-refractivity contribution in [3.05, 3.63) is 11.1 Å². The number of hydrogen-bond acceptors (Lipinski definition) is 2. The molecule has 5 heteroatoms. The van der Waals surface area contributed by atoms with Crippen molar-refractivity contribution in [3.63, 3.8) is 0 Å². The van der Waals surface area contributed by atoms with Gasteiger partial charge in [0, 0.05) is 5.57 Å². The third kappa shape index (κ3) is 2.78. The van der Waals surface area contributed by atoms with E-state index in [1.54, 1.807) is 0 Å². The molecule has 1 aliphatic rings. The first-order chi connectivity index (χ1) is 7.06. The summed E-state index contributed by atoms with van der Waals surface area (Å²) in [6, 6.07) is -1.43. The van der Waals surface area contributed by atoms with Crippen molar-refractivity contribution in [2.75, 3.05) is 6.67 Å². The molecule has 0 heterocycles. The minimum Gasteiger partial charge on any atom is -0.480 e. The van der Waals surface area contributed by atoms with Crippen molar-refractivity contribution in [1.82, 2.24) is 5.32 Å². The molecule has 0 radical (unpaired) electrons. The molecule has 2 N–H and O–H groups in total. The summed E-state index contributed by atoms with van der Waals surface area (Å²) in [6.07, 6.45) is 2.41. The number of rotatable bonds is 4. The quantitative estimate of drug-likeness (QED) is 0.736. The molecule has 4 nitrogen and oxygen atoms in total. The van der Waals surface area contributed by atoms with Crippen molar-refractivity contribution in [2.45, 2.75) is 32.2 Å². The van der Waals surface area contributed by atoms with Crippen LogP contribution in [0.1, 0.15) is 26.2 Å². The van der Waals surface area contributed by atoms with E-state index in [0.29, 0.717) is 12.0 Å². The number of alkyl halides is 1. The Bertz CT molecular complexity index is 312. The maximum Gasteiger partial charge on any atom is 0.328 e. The minimum atomic E-state index is -1.43. The molecule has 1 amide bonds. The Morgan fingerprint density at radius 3 is 2.60 bits per heavy atom. The van der Waals surface area contributed by atoms with Crippen LogP contribution in [-0.4, -0.2) is 29.7 Å². The SMILES string of the molecule is CC1=C(C(=O)NC(CF)C(=O)O)CCC1. The molecule has 1 atom stereocenters. The molecule has 0 fully saturated rings. The van der Waals surface area contributed by atoms with E-state index in [1.165, 1.54) is 0 Å². The summed E-state index contributed by atoms with van der Waals surface area (Å²) in [4.78, 5) is 22.0. The van der Waals surface area contributed by atoms with Gasteiger partial charge >= 0.3 is 5.97 Å². The highest BCUT2D eigenvalue weighted by Gasteiger charge is 2.24. The number of carbonyl (C=O) groups is 2. The van der Waals surface area contributed by atoms with Gasteiger partial charge in [0.25, 0.3) is 0 Å².